The Morgan fingerprint density at radius 2 is 2.11 bits per heavy atom. The lowest BCUT2D eigenvalue weighted by Gasteiger charge is -2.28. The molecule has 1 fully saturated rings. The summed E-state index contributed by atoms with van der Waals surface area (Å²) in [5, 5.41) is 0. The van der Waals surface area contributed by atoms with Crippen LogP contribution in [0.5, 0.6) is 0 Å². The third kappa shape index (κ3) is 2.51. The normalized spacial score (nSPS) is 21.9. The standard InChI is InChI=1S/C13H22N4O/c1-10-8-15(2)5-4-6-17(10)13(18)12-7-11(14)9-16(12)3/h7,9-10H,4-6,8,14H2,1-3H3. The molecular weight excluding hydrogens is 228 g/mol. The number of amides is 1. The van der Waals surface area contributed by atoms with Crippen molar-refractivity contribution in [3.05, 3.63) is 18.0 Å². The first-order valence-corrected chi connectivity index (χ1v) is 6.40. The molecule has 5 nitrogen and oxygen atoms in total. The summed E-state index contributed by atoms with van der Waals surface area (Å²) in [5.41, 5.74) is 7.04. The molecule has 0 aliphatic carbocycles. The molecule has 1 saturated heterocycles. The van der Waals surface area contributed by atoms with Gasteiger partial charge in [-0.1, -0.05) is 0 Å². The van der Waals surface area contributed by atoms with E-state index in [2.05, 4.69) is 18.9 Å². The highest BCUT2D eigenvalue weighted by Crippen LogP contribution is 2.16. The molecule has 1 aromatic heterocycles. The van der Waals surface area contributed by atoms with E-state index in [1.54, 1.807) is 16.8 Å². The van der Waals surface area contributed by atoms with Crippen molar-refractivity contribution in [1.29, 1.82) is 0 Å². The molecule has 1 aliphatic rings. The van der Waals surface area contributed by atoms with E-state index in [0.717, 1.165) is 26.1 Å². The van der Waals surface area contributed by atoms with Gasteiger partial charge in [-0.3, -0.25) is 4.79 Å². The Kier molecular flexibility index (Phi) is 3.61. The van der Waals surface area contributed by atoms with Crippen LogP contribution in [0.3, 0.4) is 0 Å². The zero-order valence-electron chi connectivity index (χ0n) is 11.4. The van der Waals surface area contributed by atoms with Crippen molar-refractivity contribution in [2.75, 3.05) is 32.4 Å². The molecule has 1 unspecified atom stereocenters. The molecule has 0 aromatic carbocycles. The fourth-order valence-electron chi connectivity index (χ4n) is 2.62. The van der Waals surface area contributed by atoms with E-state index >= 15 is 0 Å². The summed E-state index contributed by atoms with van der Waals surface area (Å²) in [4.78, 5) is 16.8. The second-order valence-corrected chi connectivity index (χ2v) is 5.23. The van der Waals surface area contributed by atoms with Crippen LogP contribution in [-0.4, -0.2) is 53.0 Å². The van der Waals surface area contributed by atoms with E-state index in [1.165, 1.54) is 0 Å². The number of nitrogens with two attached hydrogens (primary N) is 1. The molecule has 2 N–H and O–H groups in total. The Bertz CT molecular complexity index is 440. The van der Waals surface area contributed by atoms with Crippen molar-refractivity contribution in [1.82, 2.24) is 14.4 Å². The minimum atomic E-state index is 0.0806. The molecule has 5 heteroatoms. The molecule has 1 aliphatic heterocycles. The molecule has 0 bridgehead atoms. The zero-order valence-corrected chi connectivity index (χ0v) is 11.4. The van der Waals surface area contributed by atoms with Gasteiger partial charge in [0.05, 0.1) is 5.69 Å². The van der Waals surface area contributed by atoms with Gasteiger partial charge in [0.25, 0.3) is 5.91 Å². The number of nitrogens with zero attached hydrogens (tertiary/aromatic N) is 3. The van der Waals surface area contributed by atoms with Crippen LogP contribution in [0.4, 0.5) is 5.69 Å². The fraction of sp³-hybridized carbons (Fsp3) is 0.615. The van der Waals surface area contributed by atoms with Gasteiger partial charge in [-0.2, -0.15) is 0 Å². The summed E-state index contributed by atoms with van der Waals surface area (Å²) in [7, 11) is 3.96. The molecule has 1 aromatic rings. The molecule has 2 heterocycles. The van der Waals surface area contributed by atoms with Gasteiger partial charge in [-0.25, -0.2) is 0 Å². The predicted octanol–water partition coefficient (Wildman–Crippen LogP) is 0.773. The topological polar surface area (TPSA) is 54.5 Å². The number of rotatable bonds is 1. The summed E-state index contributed by atoms with van der Waals surface area (Å²) in [6, 6.07) is 1.99. The molecular formula is C13H22N4O. The van der Waals surface area contributed by atoms with E-state index in [1.807, 2.05) is 11.9 Å². The van der Waals surface area contributed by atoms with Crippen molar-refractivity contribution >= 4 is 11.6 Å². The third-order valence-corrected chi connectivity index (χ3v) is 3.55. The lowest BCUT2D eigenvalue weighted by Crippen LogP contribution is -2.42. The summed E-state index contributed by atoms with van der Waals surface area (Å²) in [6.07, 6.45) is 2.80. The molecule has 2 rings (SSSR count). The highest BCUT2D eigenvalue weighted by atomic mass is 16.2. The minimum Gasteiger partial charge on any atom is -0.397 e. The van der Waals surface area contributed by atoms with Gasteiger partial charge in [0.1, 0.15) is 5.69 Å². The minimum absolute atomic E-state index is 0.0806. The third-order valence-electron chi connectivity index (χ3n) is 3.55. The number of hydrogen-bond acceptors (Lipinski definition) is 3. The highest BCUT2D eigenvalue weighted by Gasteiger charge is 2.26. The number of carbonyl (C=O) groups is 1. The molecule has 0 radical (unpaired) electrons. The number of likely N-dealkylation sites (N-methyl/N-ethyl adjacent to an activating group) is 1. The molecule has 0 spiro atoms. The van der Waals surface area contributed by atoms with Crippen LogP contribution in [0.2, 0.25) is 0 Å². The molecule has 1 atom stereocenters. The van der Waals surface area contributed by atoms with Gasteiger partial charge >= 0.3 is 0 Å². The van der Waals surface area contributed by atoms with Crippen LogP contribution in [0.15, 0.2) is 12.3 Å². The van der Waals surface area contributed by atoms with E-state index in [9.17, 15) is 4.79 Å². The maximum Gasteiger partial charge on any atom is 0.270 e. The van der Waals surface area contributed by atoms with Gasteiger partial charge in [-0.15, -0.1) is 0 Å². The maximum absolute atomic E-state index is 12.5. The first-order valence-electron chi connectivity index (χ1n) is 6.40. The largest absolute Gasteiger partial charge is 0.397 e. The summed E-state index contributed by atoms with van der Waals surface area (Å²) in [5.74, 6) is 0.0806. The van der Waals surface area contributed by atoms with Crippen molar-refractivity contribution in [3.63, 3.8) is 0 Å². The number of hydrogen-bond donors (Lipinski definition) is 1. The number of aromatic nitrogens is 1. The van der Waals surface area contributed by atoms with E-state index < -0.39 is 0 Å². The quantitative estimate of drug-likeness (QED) is 0.801. The Morgan fingerprint density at radius 1 is 1.39 bits per heavy atom. The Labute approximate surface area is 108 Å². The lowest BCUT2D eigenvalue weighted by molar-refractivity contribution is 0.0687. The Balaban J connectivity index is 2.19. The molecule has 18 heavy (non-hydrogen) atoms. The fourth-order valence-corrected chi connectivity index (χ4v) is 2.62. The van der Waals surface area contributed by atoms with E-state index in [0.29, 0.717) is 11.4 Å². The predicted molar refractivity (Wildman–Crippen MR) is 72.4 cm³/mol. The number of anilines is 1. The molecule has 100 valence electrons. The lowest BCUT2D eigenvalue weighted by atomic mass is 10.2. The Morgan fingerprint density at radius 3 is 2.72 bits per heavy atom. The van der Waals surface area contributed by atoms with Crippen molar-refractivity contribution < 1.29 is 4.79 Å². The van der Waals surface area contributed by atoms with Gasteiger partial charge in [0.15, 0.2) is 0 Å². The number of nitrogen functional groups attached to an aromatic ring is 1. The van der Waals surface area contributed by atoms with Crippen LogP contribution in [-0.2, 0) is 7.05 Å². The van der Waals surface area contributed by atoms with E-state index in [-0.39, 0.29) is 11.9 Å². The van der Waals surface area contributed by atoms with Crippen molar-refractivity contribution in [2.24, 2.45) is 7.05 Å². The number of aryl methyl sites for hydroxylation is 1. The average molecular weight is 250 g/mol. The molecule has 0 saturated carbocycles. The van der Waals surface area contributed by atoms with Crippen LogP contribution in [0, 0.1) is 0 Å². The first-order chi connectivity index (χ1) is 8.49. The van der Waals surface area contributed by atoms with Gasteiger partial charge < -0.3 is 20.1 Å². The summed E-state index contributed by atoms with van der Waals surface area (Å²) < 4.78 is 1.80. The SMILES string of the molecule is CC1CN(C)CCCN1C(=O)c1cc(N)cn1C. The van der Waals surface area contributed by atoms with Crippen LogP contribution in [0.1, 0.15) is 23.8 Å². The summed E-state index contributed by atoms with van der Waals surface area (Å²) in [6.45, 7) is 4.89. The van der Waals surface area contributed by atoms with E-state index in [4.69, 9.17) is 5.73 Å². The second-order valence-electron chi connectivity index (χ2n) is 5.23. The van der Waals surface area contributed by atoms with Gasteiger partial charge in [0, 0.05) is 32.4 Å². The Hall–Kier alpha value is -1.49. The monoisotopic (exact) mass is 250 g/mol. The maximum atomic E-state index is 12.5. The van der Waals surface area contributed by atoms with Crippen LogP contribution >= 0.6 is 0 Å². The van der Waals surface area contributed by atoms with Crippen molar-refractivity contribution in [3.8, 4) is 0 Å². The zero-order chi connectivity index (χ0) is 13.3. The van der Waals surface area contributed by atoms with Gasteiger partial charge in [-0.05, 0) is 33.0 Å². The second kappa shape index (κ2) is 5.02. The average Bonchev–Trinajstić information content (AvgIpc) is 2.52. The summed E-state index contributed by atoms with van der Waals surface area (Å²) >= 11 is 0. The van der Waals surface area contributed by atoms with Crippen LogP contribution < -0.4 is 5.73 Å². The smallest absolute Gasteiger partial charge is 0.270 e. The van der Waals surface area contributed by atoms with Crippen LogP contribution in [0.25, 0.3) is 0 Å². The van der Waals surface area contributed by atoms with Gasteiger partial charge in [0.2, 0.25) is 0 Å². The molecule has 1 amide bonds. The number of carbonyl (C=O) groups excluding carboxylic acids is 1. The first kappa shape index (κ1) is 13.0. The van der Waals surface area contributed by atoms with Crippen molar-refractivity contribution in [2.45, 2.75) is 19.4 Å². The highest BCUT2D eigenvalue weighted by molar-refractivity contribution is 5.94.